The van der Waals surface area contributed by atoms with Gasteiger partial charge in [-0.1, -0.05) is 45.0 Å². The van der Waals surface area contributed by atoms with Crippen molar-refractivity contribution < 1.29 is 0 Å². The zero-order chi connectivity index (χ0) is 14.4. The molecule has 110 valence electrons. The van der Waals surface area contributed by atoms with Gasteiger partial charge in [0.15, 0.2) is 10.8 Å². The molecule has 5 heteroatoms. The average molecular weight is 292 g/mol. The molecule has 2 unspecified atom stereocenters. The van der Waals surface area contributed by atoms with E-state index in [9.17, 15) is 0 Å². The number of nitrogens with zero attached hydrogens (tertiary/aromatic N) is 3. The molecule has 0 amide bonds. The summed E-state index contributed by atoms with van der Waals surface area (Å²) in [4.78, 5) is 0. The Morgan fingerprint density at radius 3 is 2.90 bits per heavy atom. The second-order valence-corrected chi connectivity index (χ2v) is 6.16. The Morgan fingerprint density at radius 1 is 1.30 bits per heavy atom. The fraction of sp³-hybridized carbons (Fsp3) is 0.600. The SMILES string of the molecule is CCCNC(CSc1nnc2ccccn12)C(C)CC. The Morgan fingerprint density at radius 2 is 2.15 bits per heavy atom. The third kappa shape index (κ3) is 3.73. The summed E-state index contributed by atoms with van der Waals surface area (Å²) in [6.07, 6.45) is 4.39. The minimum absolute atomic E-state index is 0.529. The Balaban J connectivity index is 2.01. The van der Waals surface area contributed by atoms with Crippen LogP contribution < -0.4 is 5.32 Å². The van der Waals surface area contributed by atoms with Crippen LogP contribution in [0.1, 0.15) is 33.6 Å². The lowest BCUT2D eigenvalue weighted by Gasteiger charge is -2.23. The van der Waals surface area contributed by atoms with E-state index in [1.165, 1.54) is 12.8 Å². The Kier molecular flexibility index (Phi) is 5.86. The zero-order valence-electron chi connectivity index (χ0n) is 12.5. The summed E-state index contributed by atoms with van der Waals surface area (Å²) in [7, 11) is 0. The first-order chi connectivity index (χ1) is 9.76. The van der Waals surface area contributed by atoms with Gasteiger partial charge in [0.05, 0.1) is 0 Å². The molecule has 0 aliphatic rings. The van der Waals surface area contributed by atoms with E-state index in [1.807, 2.05) is 24.4 Å². The summed E-state index contributed by atoms with van der Waals surface area (Å²) in [5, 5.41) is 13.1. The number of aromatic nitrogens is 3. The summed E-state index contributed by atoms with van der Waals surface area (Å²) < 4.78 is 2.05. The van der Waals surface area contributed by atoms with Crippen molar-refractivity contribution in [2.45, 2.75) is 44.8 Å². The molecule has 2 atom stereocenters. The van der Waals surface area contributed by atoms with E-state index in [0.29, 0.717) is 12.0 Å². The minimum Gasteiger partial charge on any atom is -0.313 e. The third-order valence-corrected chi connectivity index (χ3v) is 4.72. The van der Waals surface area contributed by atoms with E-state index in [1.54, 1.807) is 11.8 Å². The van der Waals surface area contributed by atoms with Crippen molar-refractivity contribution in [3.05, 3.63) is 24.4 Å². The lowest BCUT2D eigenvalue weighted by molar-refractivity contribution is 0.396. The predicted octanol–water partition coefficient (Wildman–Crippen LogP) is 3.24. The van der Waals surface area contributed by atoms with Crippen LogP contribution >= 0.6 is 11.8 Å². The molecule has 0 aliphatic heterocycles. The molecule has 20 heavy (non-hydrogen) atoms. The number of hydrogen-bond donors (Lipinski definition) is 1. The summed E-state index contributed by atoms with van der Waals surface area (Å²) in [5.74, 6) is 1.71. The van der Waals surface area contributed by atoms with Crippen LogP contribution in [0.2, 0.25) is 0 Å². The van der Waals surface area contributed by atoms with Crippen molar-refractivity contribution in [1.82, 2.24) is 19.9 Å². The fourth-order valence-electron chi connectivity index (χ4n) is 2.12. The van der Waals surface area contributed by atoms with Crippen LogP contribution in [0.3, 0.4) is 0 Å². The molecular weight excluding hydrogens is 268 g/mol. The van der Waals surface area contributed by atoms with E-state index in [-0.39, 0.29) is 0 Å². The quantitative estimate of drug-likeness (QED) is 0.759. The summed E-state index contributed by atoms with van der Waals surface area (Å²) >= 11 is 1.79. The van der Waals surface area contributed by atoms with Gasteiger partial charge in [0.2, 0.25) is 0 Å². The Bertz CT molecular complexity index is 525. The van der Waals surface area contributed by atoms with E-state index in [0.717, 1.165) is 23.1 Å². The summed E-state index contributed by atoms with van der Waals surface area (Å²) in [6, 6.07) is 6.52. The Hall–Kier alpha value is -1.07. The molecule has 2 heterocycles. The molecule has 0 aliphatic carbocycles. The van der Waals surface area contributed by atoms with Crippen molar-refractivity contribution in [2.24, 2.45) is 5.92 Å². The predicted molar refractivity (Wildman–Crippen MR) is 85.2 cm³/mol. The molecule has 0 saturated heterocycles. The molecule has 0 radical (unpaired) electrons. The normalized spacial score (nSPS) is 14.6. The van der Waals surface area contributed by atoms with Crippen molar-refractivity contribution >= 4 is 17.4 Å². The van der Waals surface area contributed by atoms with Crippen LogP contribution in [0, 0.1) is 5.92 Å². The maximum atomic E-state index is 4.28. The van der Waals surface area contributed by atoms with Crippen LogP contribution in [0.25, 0.3) is 5.65 Å². The van der Waals surface area contributed by atoms with Gasteiger partial charge < -0.3 is 5.32 Å². The number of fused-ring (bicyclic) bond motifs is 1. The number of hydrogen-bond acceptors (Lipinski definition) is 4. The van der Waals surface area contributed by atoms with Crippen LogP contribution in [0.4, 0.5) is 0 Å². The van der Waals surface area contributed by atoms with Gasteiger partial charge in [-0.3, -0.25) is 4.40 Å². The van der Waals surface area contributed by atoms with Crippen LogP contribution in [0.15, 0.2) is 29.6 Å². The number of pyridine rings is 1. The van der Waals surface area contributed by atoms with Crippen molar-refractivity contribution in [2.75, 3.05) is 12.3 Å². The highest BCUT2D eigenvalue weighted by atomic mass is 32.2. The third-order valence-electron chi connectivity index (χ3n) is 3.66. The monoisotopic (exact) mass is 292 g/mol. The van der Waals surface area contributed by atoms with Gasteiger partial charge in [0, 0.05) is 18.0 Å². The van der Waals surface area contributed by atoms with Crippen molar-refractivity contribution in [3.63, 3.8) is 0 Å². The van der Waals surface area contributed by atoms with E-state index >= 15 is 0 Å². The highest BCUT2D eigenvalue weighted by Crippen LogP contribution is 2.21. The topological polar surface area (TPSA) is 42.2 Å². The molecule has 0 bridgehead atoms. The van der Waals surface area contributed by atoms with Gasteiger partial charge >= 0.3 is 0 Å². The maximum Gasteiger partial charge on any atom is 0.195 e. The first-order valence-electron chi connectivity index (χ1n) is 7.42. The lowest BCUT2D eigenvalue weighted by atomic mass is 10.0. The van der Waals surface area contributed by atoms with Crippen molar-refractivity contribution in [1.29, 1.82) is 0 Å². The molecule has 0 fully saturated rings. The number of nitrogens with one attached hydrogen (secondary N) is 1. The van der Waals surface area contributed by atoms with Crippen LogP contribution in [-0.4, -0.2) is 32.9 Å². The summed E-state index contributed by atoms with van der Waals surface area (Å²) in [6.45, 7) is 7.86. The molecule has 2 aromatic heterocycles. The molecule has 0 saturated carbocycles. The Labute approximate surface area is 125 Å². The van der Waals surface area contributed by atoms with Crippen LogP contribution in [-0.2, 0) is 0 Å². The second kappa shape index (κ2) is 7.64. The van der Waals surface area contributed by atoms with Gasteiger partial charge in [-0.05, 0) is 31.0 Å². The van der Waals surface area contributed by atoms with E-state index < -0.39 is 0 Å². The highest BCUT2D eigenvalue weighted by molar-refractivity contribution is 7.99. The second-order valence-electron chi connectivity index (χ2n) is 5.17. The van der Waals surface area contributed by atoms with Gasteiger partial charge in [0.25, 0.3) is 0 Å². The molecule has 1 N–H and O–H groups in total. The van der Waals surface area contributed by atoms with E-state index in [4.69, 9.17) is 0 Å². The minimum atomic E-state index is 0.529. The smallest absolute Gasteiger partial charge is 0.195 e. The first-order valence-corrected chi connectivity index (χ1v) is 8.40. The molecule has 0 spiro atoms. The highest BCUT2D eigenvalue weighted by Gasteiger charge is 2.16. The zero-order valence-corrected chi connectivity index (χ0v) is 13.4. The standard InChI is InChI=1S/C15H24N4S/c1-4-9-16-13(12(3)5-2)11-20-15-18-17-14-8-6-7-10-19(14)15/h6-8,10,12-13,16H,4-5,9,11H2,1-3H3. The summed E-state index contributed by atoms with van der Waals surface area (Å²) in [5.41, 5.74) is 0.914. The van der Waals surface area contributed by atoms with Crippen LogP contribution in [0.5, 0.6) is 0 Å². The largest absolute Gasteiger partial charge is 0.313 e. The fourth-order valence-corrected chi connectivity index (χ4v) is 3.29. The number of rotatable bonds is 8. The number of thioether (sulfide) groups is 1. The maximum absolute atomic E-state index is 4.28. The molecule has 2 rings (SSSR count). The molecule has 0 aromatic carbocycles. The van der Waals surface area contributed by atoms with Gasteiger partial charge in [0.1, 0.15) is 0 Å². The first kappa shape index (κ1) is 15.3. The van der Waals surface area contributed by atoms with Gasteiger partial charge in [-0.2, -0.15) is 0 Å². The van der Waals surface area contributed by atoms with Crippen molar-refractivity contribution in [3.8, 4) is 0 Å². The lowest BCUT2D eigenvalue weighted by Crippen LogP contribution is -2.37. The van der Waals surface area contributed by atoms with E-state index in [2.05, 4.69) is 40.7 Å². The van der Waals surface area contributed by atoms with Gasteiger partial charge in [-0.25, -0.2) is 0 Å². The molecule has 4 nitrogen and oxygen atoms in total. The average Bonchev–Trinajstić information content (AvgIpc) is 2.90. The van der Waals surface area contributed by atoms with Gasteiger partial charge in [-0.15, -0.1) is 10.2 Å². The molecule has 2 aromatic rings. The molecular formula is C15H24N4S.